The van der Waals surface area contributed by atoms with Crippen LogP contribution in [0.5, 0.6) is 11.5 Å². The maximum atomic E-state index is 13.5. The molecule has 0 aliphatic heterocycles. The first-order valence-corrected chi connectivity index (χ1v) is 8.04. The van der Waals surface area contributed by atoms with Crippen molar-refractivity contribution in [1.82, 2.24) is 4.98 Å². The quantitative estimate of drug-likeness (QED) is 0.662. The second-order valence-corrected chi connectivity index (χ2v) is 5.62. The maximum absolute atomic E-state index is 13.5. The van der Waals surface area contributed by atoms with Gasteiger partial charge in [-0.1, -0.05) is 18.2 Å². The van der Waals surface area contributed by atoms with Crippen LogP contribution in [0.15, 0.2) is 73.1 Å². The van der Waals surface area contributed by atoms with Gasteiger partial charge in [0.05, 0.1) is 6.20 Å². The highest BCUT2D eigenvalue weighted by atomic mass is 19.1. The molecule has 5 heteroatoms. The number of pyridine rings is 1. The third kappa shape index (κ3) is 4.54. The van der Waals surface area contributed by atoms with E-state index >= 15 is 0 Å². The maximum Gasteiger partial charge on any atom is 0.248 e. The summed E-state index contributed by atoms with van der Waals surface area (Å²) in [6.07, 6.45) is 6.04. The number of ether oxygens (including phenoxy) is 1. The van der Waals surface area contributed by atoms with Gasteiger partial charge in [0.15, 0.2) is 0 Å². The topological polar surface area (TPSA) is 51.2 Å². The molecule has 0 saturated carbocycles. The Bertz CT molecular complexity index is 940. The highest BCUT2D eigenvalue weighted by Crippen LogP contribution is 2.26. The number of amides is 1. The number of halogens is 1. The van der Waals surface area contributed by atoms with Gasteiger partial charge in [0.25, 0.3) is 0 Å². The van der Waals surface area contributed by atoms with Crippen LogP contribution in [0.4, 0.5) is 10.1 Å². The molecule has 0 aliphatic carbocycles. The number of nitrogens with one attached hydrogen (secondary N) is 1. The Balaban J connectivity index is 1.66. The Labute approximate surface area is 151 Å². The molecule has 0 fully saturated rings. The van der Waals surface area contributed by atoms with Gasteiger partial charge >= 0.3 is 0 Å². The van der Waals surface area contributed by atoms with Crippen molar-refractivity contribution in [3.8, 4) is 11.5 Å². The summed E-state index contributed by atoms with van der Waals surface area (Å²) in [6, 6.07) is 15.2. The third-order valence-electron chi connectivity index (χ3n) is 3.62. The van der Waals surface area contributed by atoms with Gasteiger partial charge in [-0.3, -0.25) is 9.78 Å². The van der Waals surface area contributed by atoms with E-state index in [0.29, 0.717) is 22.7 Å². The summed E-state index contributed by atoms with van der Waals surface area (Å²) in [5.74, 6) is 0.607. The van der Waals surface area contributed by atoms with E-state index in [9.17, 15) is 9.18 Å². The second-order valence-electron chi connectivity index (χ2n) is 5.62. The second kappa shape index (κ2) is 8.07. The van der Waals surface area contributed by atoms with Gasteiger partial charge in [-0.05, 0) is 55.0 Å². The molecule has 1 amide bonds. The zero-order chi connectivity index (χ0) is 18.4. The first-order chi connectivity index (χ1) is 12.6. The van der Waals surface area contributed by atoms with Crippen LogP contribution in [0, 0.1) is 12.7 Å². The molecule has 2 aromatic carbocycles. The van der Waals surface area contributed by atoms with E-state index < -0.39 is 0 Å². The minimum absolute atomic E-state index is 0.339. The zero-order valence-electron chi connectivity index (χ0n) is 14.1. The molecule has 0 spiro atoms. The van der Waals surface area contributed by atoms with Crippen LogP contribution < -0.4 is 10.1 Å². The predicted octanol–water partition coefficient (Wildman–Crippen LogP) is 4.97. The molecular formula is C21H17FN2O2. The molecule has 1 aromatic heterocycles. The minimum Gasteiger partial charge on any atom is -0.455 e. The molecule has 1 N–H and O–H groups in total. The highest BCUT2D eigenvalue weighted by Gasteiger charge is 2.05. The molecule has 1 heterocycles. The third-order valence-corrected chi connectivity index (χ3v) is 3.62. The summed E-state index contributed by atoms with van der Waals surface area (Å²) in [5, 5.41) is 2.75. The summed E-state index contributed by atoms with van der Waals surface area (Å²) in [4.78, 5) is 16.0. The van der Waals surface area contributed by atoms with Crippen molar-refractivity contribution < 1.29 is 13.9 Å². The first kappa shape index (κ1) is 17.4. The molecule has 3 aromatic rings. The van der Waals surface area contributed by atoms with Gasteiger partial charge in [-0.15, -0.1) is 0 Å². The van der Waals surface area contributed by atoms with Crippen LogP contribution in [0.2, 0.25) is 0 Å². The molecule has 0 aliphatic rings. The Morgan fingerprint density at radius 1 is 1.15 bits per heavy atom. The van der Waals surface area contributed by atoms with Crippen molar-refractivity contribution in [3.05, 3.63) is 90.0 Å². The van der Waals surface area contributed by atoms with Crippen molar-refractivity contribution >= 4 is 17.7 Å². The summed E-state index contributed by atoms with van der Waals surface area (Å²) in [6.45, 7) is 1.89. The molecule has 0 bridgehead atoms. The number of hydrogen-bond donors (Lipinski definition) is 1. The monoisotopic (exact) mass is 348 g/mol. The summed E-state index contributed by atoms with van der Waals surface area (Å²) >= 11 is 0. The van der Waals surface area contributed by atoms with E-state index in [0.717, 1.165) is 5.56 Å². The molecule has 26 heavy (non-hydrogen) atoms. The number of aromatic nitrogens is 1. The SMILES string of the molecule is Cc1cc(NC(=O)/C=C/c2ccccc2F)ccc1Oc1cccnc1. The van der Waals surface area contributed by atoms with Crippen molar-refractivity contribution in [2.75, 3.05) is 5.32 Å². The van der Waals surface area contributed by atoms with E-state index in [1.807, 2.05) is 13.0 Å². The number of carbonyl (C=O) groups is 1. The fraction of sp³-hybridized carbons (Fsp3) is 0.0476. The number of anilines is 1. The molecule has 3 rings (SSSR count). The molecular weight excluding hydrogens is 331 g/mol. The summed E-state index contributed by atoms with van der Waals surface area (Å²) in [5.41, 5.74) is 1.85. The van der Waals surface area contributed by atoms with Crippen LogP contribution in [0.1, 0.15) is 11.1 Å². The van der Waals surface area contributed by atoms with Gasteiger partial charge in [0, 0.05) is 23.5 Å². The van der Waals surface area contributed by atoms with E-state index in [4.69, 9.17) is 4.74 Å². The van der Waals surface area contributed by atoms with Crippen LogP contribution >= 0.6 is 0 Å². The molecule has 130 valence electrons. The van der Waals surface area contributed by atoms with Crippen molar-refractivity contribution in [2.45, 2.75) is 6.92 Å². The predicted molar refractivity (Wildman–Crippen MR) is 99.6 cm³/mol. The Kier molecular flexibility index (Phi) is 5.39. The fourth-order valence-electron chi connectivity index (χ4n) is 2.34. The lowest BCUT2D eigenvalue weighted by atomic mass is 10.2. The summed E-state index contributed by atoms with van der Waals surface area (Å²) < 4.78 is 19.3. The van der Waals surface area contributed by atoms with E-state index in [2.05, 4.69) is 10.3 Å². The van der Waals surface area contributed by atoms with E-state index in [-0.39, 0.29) is 11.7 Å². The standard InChI is InChI=1S/C21H17FN2O2/c1-15-13-17(9-10-20(15)26-18-6-4-12-23-14-18)24-21(25)11-8-16-5-2-3-7-19(16)22/h2-14H,1H3,(H,24,25)/b11-8+. The average molecular weight is 348 g/mol. The van der Waals surface area contributed by atoms with Crippen molar-refractivity contribution in [3.63, 3.8) is 0 Å². The lowest BCUT2D eigenvalue weighted by Crippen LogP contribution is -2.08. The summed E-state index contributed by atoms with van der Waals surface area (Å²) in [7, 11) is 0. The van der Waals surface area contributed by atoms with Gasteiger partial charge in [0.1, 0.15) is 17.3 Å². The van der Waals surface area contributed by atoms with Gasteiger partial charge < -0.3 is 10.1 Å². The molecule has 0 unspecified atom stereocenters. The van der Waals surface area contributed by atoms with Gasteiger partial charge in [-0.2, -0.15) is 0 Å². The number of carbonyl (C=O) groups excluding carboxylic acids is 1. The van der Waals surface area contributed by atoms with E-state index in [1.54, 1.807) is 54.9 Å². The molecule has 4 nitrogen and oxygen atoms in total. The Hall–Kier alpha value is -3.47. The van der Waals surface area contributed by atoms with Crippen molar-refractivity contribution in [1.29, 1.82) is 0 Å². The Morgan fingerprint density at radius 3 is 2.73 bits per heavy atom. The van der Waals surface area contributed by atoms with Crippen LogP contribution in [0.3, 0.4) is 0 Å². The molecule has 0 atom stereocenters. The lowest BCUT2D eigenvalue weighted by molar-refractivity contribution is -0.111. The van der Waals surface area contributed by atoms with Crippen molar-refractivity contribution in [2.24, 2.45) is 0 Å². The van der Waals surface area contributed by atoms with E-state index in [1.165, 1.54) is 18.2 Å². The van der Waals surface area contributed by atoms with Gasteiger partial charge in [0.2, 0.25) is 5.91 Å². The molecule has 0 radical (unpaired) electrons. The molecule has 0 saturated heterocycles. The number of aryl methyl sites for hydroxylation is 1. The average Bonchev–Trinajstić information content (AvgIpc) is 2.64. The zero-order valence-corrected chi connectivity index (χ0v) is 14.1. The smallest absolute Gasteiger partial charge is 0.248 e. The number of nitrogens with zero attached hydrogens (tertiary/aromatic N) is 1. The lowest BCUT2D eigenvalue weighted by Gasteiger charge is -2.10. The number of benzene rings is 2. The largest absolute Gasteiger partial charge is 0.455 e. The van der Waals surface area contributed by atoms with Crippen LogP contribution in [-0.2, 0) is 4.79 Å². The van der Waals surface area contributed by atoms with Crippen LogP contribution in [-0.4, -0.2) is 10.9 Å². The highest BCUT2D eigenvalue weighted by molar-refractivity contribution is 6.02. The number of hydrogen-bond acceptors (Lipinski definition) is 3. The number of rotatable bonds is 5. The minimum atomic E-state index is -0.371. The first-order valence-electron chi connectivity index (χ1n) is 8.04. The fourth-order valence-corrected chi connectivity index (χ4v) is 2.34. The normalized spacial score (nSPS) is 10.7. The van der Waals surface area contributed by atoms with Gasteiger partial charge in [-0.25, -0.2) is 4.39 Å². The van der Waals surface area contributed by atoms with Crippen LogP contribution in [0.25, 0.3) is 6.08 Å². The Morgan fingerprint density at radius 2 is 2.00 bits per heavy atom.